The highest BCUT2D eigenvalue weighted by Crippen LogP contribution is 2.24. The van der Waals surface area contributed by atoms with E-state index in [1.807, 2.05) is 0 Å². The van der Waals surface area contributed by atoms with E-state index >= 15 is 0 Å². The molecule has 0 aromatic heterocycles. The normalized spacial score (nSPS) is 12.8. The van der Waals surface area contributed by atoms with Crippen LogP contribution in [0.4, 0.5) is 8.78 Å². The van der Waals surface area contributed by atoms with Gasteiger partial charge in [-0.1, -0.05) is 0 Å². The highest BCUT2D eigenvalue weighted by Gasteiger charge is 2.23. The van der Waals surface area contributed by atoms with E-state index in [9.17, 15) is 25.6 Å². The summed E-state index contributed by atoms with van der Waals surface area (Å²) >= 11 is 0. The smallest absolute Gasteiger partial charge is 0.224 e. The van der Waals surface area contributed by atoms with Crippen molar-refractivity contribution in [1.29, 1.82) is 0 Å². The maximum absolute atomic E-state index is 13.2. The number of halogens is 3. The molecule has 0 aliphatic rings. The summed E-state index contributed by atoms with van der Waals surface area (Å²) in [6, 6.07) is 0.698. The molecule has 1 aromatic carbocycles. The van der Waals surface area contributed by atoms with Gasteiger partial charge in [0.2, 0.25) is 0 Å². The minimum Gasteiger partial charge on any atom is -0.224 e. The van der Waals surface area contributed by atoms with Gasteiger partial charge in [-0.3, -0.25) is 0 Å². The van der Waals surface area contributed by atoms with Crippen molar-refractivity contribution >= 4 is 29.6 Å². The Kier molecular flexibility index (Phi) is 3.28. The molecule has 0 saturated carbocycles. The standard InChI is InChI=1S/C7H5ClF2O4S2/c1-15(11,12)7-5(9)2-4(3-6(7)10)16(8,13)14/h2-3H,1H3. The lowest BCUT2D eigenvalue weighted by Gasteiger charge is -2.04. The van der Waals surface area contributed by atoms with Gasteiger partial charge in [-0.05, 0) is 12.1 Å². The molecule has 90 valence electrons. The van der Waals surface area contributed by atoms with Crippen molar-refractivity contribution in [2.75, 3.05) is 6.26 Å². The van der Waals surface area contributed by atoms with Crippen LogP contribution in [0.15, 0.2) is 21.9 Å². The lowest BCUT2D eigenvalue weighted by Crippen LogP contribution is -2.06. The molecular weight excluding hydrogens is 286 g/mol. The maximum Gasteiger partial charge on any atom is 0.261 e. The molecule has 0 heterocycles. The molecule has 0 bridgehead atoms. The predicted molar refractivity (Wildman–Crippen MR) is 52.5 cm³/mol. The van der Waals surface area contributed by atoms with Crippen molar-refractivity contribution in [3.05, 3.63) is 23.8 Å². The van der Waals surface area contributed by atoms with Crippen LogP contribution in [0.5, 0.6) is 0 Å². The third-order valence-electron chi connectivity index (χ3n) is 1.62. The fraction of sp³-hybridized carbons (Fsp3) is 0.143. The molecule has 0 atom stereocenters. The van der Waals surface area contributed by atoms with Crippen molar-refractivity contribution < 1.29 is 25.6 Å². The monoisotopic (exact) mass is 290 g/mol. The fourth-order valence-corrected chi connectivity index (χ4v) is 2.61. The summed E-state index contributed by atoms with van der Waals surface area (Å²) in [5, 5.41) is 0. The zero-order valence-corrected chi connectivity index (χ0v) is 10.1. The van der Waals surface area contributed by atoms with Gasteiger partial charge in [-0.15, -0.1) is 0 Å². The quantitative estimate of drug-likeness (QED) is 0.770. The van der Waals surface area contributed by atoms with Crippen LogP contribution in [0.2, 0.25) is 0 Å². The van der Waals surface area contributed by atoms with Gasteiger partial charge in [0.15, 0.2) is 9.84 Å². The molecule has 1 aromatic rings. The summed E-state index contributed by atoms with van der Waals surface area (Å²) in [6.07, 6.45) is 0.601. The van der Waals surface area contributed by atoms with E-state index in [0.717, 1.165) is 0 Å². The minimum atomic E-state index is -4.31. The van der Waals surface area contributed by atoms with Gasteiger partial charge in [0, 0.05) is 16.9 Å². The second-order valence-corrected chi connectivity index (χ2v) is 7.44. The number of hydrogen-bond acceptors (Lipinski definition) is 4. The molecule has 0 amide bonds. The highest BCUT2D eigenvalue weighted by molar-refractivity contribution is 8.13. The van der Waals surface area contributed by atoms with Gasteiger partial charge in [0.25, 0.3) is 9.05 Å². The summed E-state index contributed by atoms with van der Waals surface area (Å²) in [4.78, 5) is -2.02. The summed E-state index contributed by atoms with van der Waals surface area (Å²) in [5.74, 6) is -3.00. The topological polar surface area (TPSA) is 68.3 Å². The van der Waals surface area contributed by atoms with Crippen LogP contribution < -0.4 is 0 Å². The third-order valence-corrected chi connectivity index (χ3v) is 4.09. The first-order chi connectivity index (χ1) is 7.03. The summed E-state index contributed by atoms with van der Waals surface area (Å²) in [7, 11) is -3.57. The molecule has 0 N–H and O–H groups in total. The number of sulfone groups is 1. The van der Waals surface area contributed by atoms with E-state index < -0.39 is 40.3 Å². The van der Waals surface area contributed by atoms with Gasteiger partial charge >= 0.3 is 0 Å². The maximum atomic E-state index is 13.2. The molecule has 9 heteroatoms. The van der Waals surface area contributed by atoms with Crippen LogP contribution in [0.1, 0.15) is 0 Å². The first-order valence-electron chi connectivity index (χ1n) is 3.67. The van der Waals surface area contributed by atoms with E-state index in [2.05, 4.69) is 0 Å². The van der Waals surface area contributed by atoms with E-state index in [4.69, 9.17) is 10.7 Å². The summed E-state index contributed by atoms with van der Waals surface area (Å²) < 4.78 is 69.9. The first kappa shape index (κ1) is 13.3. The Bertz CT molecular complexity index is 613. The first-order valence-corrected chi connectivity index (χ1v) is 7.87. The van der Waals surface area contributed by atoms with Crippen LogP contribution in [0, 0.1) is 11.6 Å². The molecule has 0 radical (unpaired) electrons. The van der Waals surface area contributed by atoms with Crippen molar-refractivity contribution in [3.63, 3.8) is 0 Å². The van der Waals surface area contributed by atoms with Crippen molar-refractivity contribution in [2.45, 2.75) is 9.79 Å². The second kappa shape index (κ2) is 3.94. The largest absolute Gasteiger partial charge is 0.261 e. The third kappa shape index (κ3) is 2.69. The van der Waals surface area contributed by atoms with Crippen LogP contribution in [-0.4, -0.2) is 23.1 Å². The van der Waals surface area contributed by atoms with Crippen LogP contribution in [0.3, 0.4) is 0 Å². The molecule has 0 spiro atoms. The summed E-state index contributed by atoms with van der Waals surface area (Å²) in [5.41, 5.74) is 0. The second-order valence-electron chi connectivity index (χ2n) is 2.93. The minimum absolute atomic E-state index is 0.349. The highest BCUT2D eigenvalue weighted by atomic mass is 35.7. The molecule has 4 nitrogen and oxygen atoms in total. The Hall–Kier alpha value is -0.730. The average Bonchev–Trinajstić information content (AvgIpc) is 1.97. The Morgan fingerprint density at radius 1 is 1.06 bits per heavy atom. The molecule has 0 unspecified atom stereocenters. The molecule has 0 aliphatic carbocycles. The Morgan fingerprint density at radius 2 is 1.44 bits per heavy atom. The van der Waals surface area contributed by atoms with E-state index in [1.165, 1.54) is 0 Å². The van der Waals surface area contributed by atoms with Crippen molar-refractivity contribution in [3.8, 4) is 0 Å². The van der Waals surface area contributed by atoms with Gasteiger partial charge < -0.3 is 0 Å². The van der Waals surface area contributed by atoms with Gasteiger partial charge in [0.05, 0.1) is 4.90 Å². The Labute approximate surface area is 95.2 Å². The molecule has 0 fully saturated rings. The van der Waals surface area contributed by atoms with Crippen molar-refractivity contribution in [1.82, 2.24) is 0 Å². The lowest BCUT2D eigenvalue weighted by molar-refractivity contribution is 0.514. The van der Waals surface area contributed by atoms with Crippen LogP contribution in [0.25, 0.3) is 0 Å². The molecule has 0 saturated heterocycles. The fourth-order valence-electron chi connectivity index (χ4n) is 1.03. The molecular formula is C7H5ClF2O4S2. The van der Waals surface area contributed by atoms with Gasteiger partial charge in [-0.2, -0.15) is 0 Å². The molecule has 1 rings (SSSR count). The lowest BCUT2D eigenvalue weighted by atomic mass is 10.3. The van der Waals surface area contributed by atoms with E-state index in [1.54, 1.807) is 0 Å². The zero-order valence-electron chi connectivity index (χ0n) is 7.74. The molecule has 0 aliphatic heterocycles. The van der Waals surface area contributed by atoms with Gasteiger partial charge in [0.1, 0.15) is 16.5 Å². The SMILES string of the molecule is CS(=O)(=O)c1c(F)cc(S(=O)(=O)Cl)cc1F. The van der Waals surface area contributed by atoms with Crippen LogP contribution in [-0.2, 0) is 18.9 Å². The Balaban J connectivity index is 3.66. The average molecular weight is 291 g/mol. The number of benzene rings is 1. The van der Waals surface area contributed by atoms with E-state index in [0.29, 0.717) is 18.4 Å². The zero-order chi connectivity index (χ0) is 12.7. The molecule has 16 heavy (non-hydrogen) atoms. The Morgan fingerprint density at radius 3 is 1.69 bits per heavy atom. The number of rotatable bonds is 2. The summed E-state index contributed by atoms with van der Waals surface area (Å²) in [6.45, 7) is 0. The van der Waals surface area contributed by atoms with E-state index in [-0.39, 0.29) is 0 Å². The van der Waals surface area contributed by atoms with Crippen LogP contribution >= 0.6 is 10.7 Å². The van der Waals surface area contributed by atoms with Gasteiger partial charge in [-0.25, -0.2) is 25.6 Å². The number of hydrogen-bond donors (Lipinski definition) is 0. The van der Waals surface area contributed by atoms with Crippen molar-refractivity contribution in [2.24, 2.45) is 0 Å². The predicted octanol–water partition coefficient (Wildman–Crippen LogP) is 1.30.